The lowest BCUT2D eigenvalue weighted by molar-refractivity contribution is -0.275. The summed E-state index contributed by atoms with van der Waals surface area (Å²) >= 11 is 8.21. The van der Waals surface area contributed by atoms with Crippen molar-refractivity contribution in [2.24, 2.45) is 0 Å². The van der Waals surface area contributed by atoms with Gasteiger partial charge in [-0.1, -0.05) is 11.6 Å². The fourth-order valence-corrected chi connectivity index (χ4v) is 1.32. The second-order valence-electron chi connectivity index (χ2n) is 2.26. The molecule has 1 rings (SSSR count). The van der Waals surface area contributed by atoms with Crippen molar-refractivity contribution in [3.63, 3.8) is 0 Å². The van der Waals surface area contributed by atoms with Crippen LogP contribution in [-0.2, 0) is 0 Å². The largest absolute Gasteiger partial charge is 0.573 e. The number of ether oxygens (including phenoxy) is 1. The Hall–Kier alpha value is -1.00. The van der Waals surface area contributed by atoms with Gasteiger partial charge in [0.15, 0.2) is 10.9 Å². The molecule has 0 amide bonds. The van der Waals surface area contributed by atoms with E-state index < -0.39 is 17.7 Å². The molecule has 0 fully saturated rings. The van der Waals surface area contributed by atoms with E-state index in [-0.39, 0.29) is 9.63 Å². The monoisotopic (exact) mass is 300 g/mol. The maximum absolute atomic E-state index is 12.0. The molecule has 0 atom stereocenters. The molecule has 0 aliphatic carbocycles. The van der Waals surface area contributed by atoms with E-state index in [1.54, 1.807) is 0 Å². The van der Waals surface area contributed by atoms with E-state index in [0.717, 1.165) is 6.20 Å². The highest BCUT2D eigenvalue weighted by molar-refractivity contribution is 9.10. The summed E-state index contributed by atoms with van der Waals surface area (Å²) in [6.07, 6.45) is -3.87. The van der Waals surface area contributed by atoms with Gasteiger partial charge in [0.2, 0.25) is 0 Å². The number of halogens is 5. The number of alkyl halides is 3. The third kappa shape index (κ3) is 2.97. The van der Waals surface area contributed by atoms with Gasteiger partial charge in [0, 0.05) is 6.20 Å². The van der Waals surface area contributed by atoms with Crippen LogP contribution in [0.25, 0.3) is 0 Å². The van der Waals surface area contributed by atoms with Gasteiger partial charge in [-0.05, 0) is 15.9 Å². The number of aromatic nitrogens is 1. The molecule has 15 heavy (non-hydrogen) atoms. The highest BCUT2D eigenvalue weighted by atomic mass is 79.9. The van der Waals surface area contributed by atoms with Crippen LogP contribution < -0.4 is 4.74 Å². The third-order valence-electron chi connectivity index (χ3n) is 1.27. The van der Waals surface area contributed by atoms with E-state index in [1.807, 2.05) is 0 Å². The molecule has 0 unspecified atom stereocenters. The van der Waals surface area contributed by atoms with Gasteiger partial charge in [-0.3, -0.25) is 0 Å². The van der Waals surface area contributed by atoms with Crippen LogP contribution in [0.1, 0.15) is 5.56 Å². The molecule has 8 heteroatoms. The molecule has 1 aromatic rings. The van der Waals surface area contributed by atoms with Crippen molar-refractivity contribution in [1.29, 1.82) is 5.26 Å². The molecular weight excluding hydrogens is 300 g/mol. The minimum Gasteiger partial charge on any atom is -0.403 e. The van der Waals surface area contributed by atoms with Crippen LogP contribution in [0.3, 0.4) is 0 Å². The first-order chi connectivity index (χ1) is 6.85. The van der Waals surface area contributed by atoms with Gasteiger partial charge in [0.1, 0.15) is 11.6 Å². The van der Waals surface area contributed by atoms with Crippen molar-refractivity contribution in [1.82, 2.24) is 4.98 Å². The quantitative estimate of drug-likeness (QED) is 0.748. The van der Waals surface area contributed by atoms with Gasteiger partial charge in [0.05, 0.1) is 4.47 Å². The first kappa shape index (κ1) is 12.1. The van der Waals surface area contributed by atoms with Crippen LogP contribution in [0.2, 0.25) is 5.15 Å². The summed E-state index contributed by atoms with van der Waals surface area (Å²) < 4.78 is 39.4. The van der Waals surface area contributed by atoms with Gasteiger partial charge >= 0.3 is 6.36 Å². The van der Waals surface area contributed by atoms with Crippen LogP contribution in [0.5, 0.6) is 5.75 Å². The highest BCUT2D eigenvalue weighted by Crippen LogP contribution is 2.35. The molecule has 3 nitrogen and oxygen atoms in total. The fourth-order valence-electron chi connectivity index (χ4n) is 0.762. The molecule has 1 heterocycles. The highest BCUT2D eigenvalue weighted by Gasteiger charge is 2.34. The molecule has 0 aromatic carbocycles. The summed E-state index contributed by atoms with van der Waals surface area (Å²) in [7, 11) is 0. The molecule has 0 saturated heterocycles. The Morgan fingerprint density at radius 2 is 2.13 bits per heavy atom. The molecule has 0 spiro atoms. The summed E-state index contributed by atoms with van der Waals surface area (Å²) in [6, 6.07) is 1.48. The zero-order valence-electron chi connectivity index (χ0n) is 6.77. The van der Waals surface area contributed by atoms with E-state index in [1.165, 1.54) is 6.07 Å². The predicted molar refractivity (Wildman–Crippen MR) is 48.3 cm³/mol. The van der Waals surface area contributed by atoms with Crippen molar-refractivity contribution < 1.29 is 17.9 Å². The van der Waals surface area contributed by atoms with Gasteiger partial charge in [-0.2, -0.15) is 5.26 Å². The minimum atomic E-state index is -4.89. The van der Waals surface area contributed by atoms with Crippen molar-refractivity contribution in [2.75, 3.05) is 0 Å². The third-order valence-corrected chi connectivity index (χ3v) is 2.12. The van der Waals surface area contributed by atoms with Crippen LogP contribution >= 0.6 is 27.5 Å². The molecule has 1 aromatic heterocycles. The van der Waals surface area contributed by atoms with E-state index >= 15 is 0 Å². The zero-order valence-corrected chi connectivity index (χ0v) is 9.11. The number of hydrogen-bond donors (Lipinski definition) is 0. The molecule has 0 aliphatic heterocycles. The number of nitrogens with zero attached hydrogens (tertiary/aromatic N) is 2. The first-order valence-corrected chi connectivity index (χ1v) is 4.52. The number of nitriles is 1. The average Bonchev–Trinajstić information content (AvgIpc) is 2.10. The second-order valence-corrected chi connectivity index (χ2v) is 3.47. The number of hydrogen-bond acceptors (Lipinski definition) is 3. The normalized spacial score (nSPS) is 10.9. The van der Waals surface area contributed by atoms with Crippen LogP contribution in [0, 0.1) is 11.3 Å². The summed E-state index contributed by atoms with van der Waals surface area (Å²) in [5.41, 5.74) is -0.469. The smallest absolute Gasteiger partial charge is 0.403 e. The van der Waals surface area contributed by atoms with Gasteiger partial charge in [-0.25, -0.2) is 4.98 Å². The van der Waals surface area contributed by atoms with E-state index in [9.17, 15) is 13.2 Å². The lowest BCUT2D eigenvalue weighted by Gasteiger charge is -2.11. The Morgan fingerprint density at radius 1 is 1.53 bits per heavy atom. The zero-order chi connectivity index (χ0) is 11.6. The summed E-state index contributed by atoms with van der Waals surface area (Å²) in [4.78, 5) is 3.49. The topological polar surface area (TPSA) is 45.9 Å². The Morgan fingerprint density at radius 3 is 2.60 bits per heavy atom. The fraction of sp³-hybridized carbons (Fsp3) is 0.143. The lowest BCUT2D eigenvalue weighted by Crippen LogP contribution is -2.18. The van der Waals surface area contributed by atoms with E-state index in [4.69, 9.17) is 16.9 Å². The molecule has 80 valence electrons. The van der Waals surface area contributed by atoms with Crippen molar-refractivity contribution in [3.8, 4) is 11.8 Å². The summed E-state index contributed by atoms with van der Waals surface area (Å²) in [6.45, 7) is 0. The average molecular weight is 301 g/mol. The van der Waals surface area contributed by atoms with Gasteiger partial charge < -0.3 is 4.74 Å². The SMILES string of the molecule is N#Cc1c(Cl)ncc(Br)c1OC(F)(F)F. The number of pyridine rings is 1. The Labute approximate surface area is 95.6 Å². The standard InChI is InChI=1S/C7HBrClF3N2O/c8-4-2-14-6(9)3(1-13)5(4)15-7(10,11)12/h2H. The molecule has 0 N–H and O–H groups in total. The van der Waals surface area contributed by atoms with Crippen molar-refractivity contribution >= 4 is 27.5 Å². The van der Waals surface area contributed by atoms with Gasteiger partial charge in [-0.15, -0.1) is 13.2 Å². The summed E-state index contributed by atoms with van der Waals surface area (Å²) in [5.74, 6) is -0.690. The number of rotatable bonds is 1. The van der Waals surface area contributed by atoms with Crippen molar-refractivity contribution in [2.45, 2.75) is 6.36 Å². The maximum Gasteiger partial charge on any atom is 0.573 e. The van der Waals surface area contributed by atoms with Crippen LogP contribution in [-0.4, -0.2) is 11.3 Å². The molecule has 0 aliphatic rings. The lowest BCUT2D eigenvalue weighted by atomic mass is 10.3. The van der Waals surface area contributed by atoms with E-state index in [2.05, 4.69) is 25.7 Å². The Balaban J connectivity index is 3.28. The van der Waals surface area contributed by atoms with E-state index in [0.29, 0.717) is 0 Å². The predicted octanol–water partition coefficient (Wildman–Crippen LogP) is 3.27. The van der Waals surface area contributed by atoms with Crippen LogP contribution in [0.4, 0.5) is 13.2 Å². The first-order valence-electron chi connectivity index (χ1n) is 3.35. The summed E-state index contributed by atoms with van der Waals surface area (Å²) in [5, 5.41) is 8.23. The molecule has 0 bridgehead atoms. The minimum absolute atomic E-state index is 0.0965. The Kier molecular flexibility index (Phi) is 3.42. The molecular formula is C7HBrClF3N2O. The molecule has 0 radical (unpaired) electrons. The van der Waals surface area contributed by atoms with Crippen molar-refractivity contribution in [3.05, 3.63) is 21.4 Å². The van der Waals surface area contributed by atoms with Gasteiger partial charge in [0.25, 0.3) is 0 Å². The second kappa shape index (κ2) is 4.24. The maximum atomic E-state index is 12.0. The van der Waals surface area contributed by atoms with Crippen LogP contribution in [0.15, 0.2) is 10.7 Å². The molecule has 0 saturated carbocycles. The Bertz CT molecular complexity index is 429.